The summed E-state index contributed by atoms with van der Waals surface area (Å²) < 4.78 is 29.5. The van der Waals surface area contributed by atoms with Crippen molar-refractivity contribution in [2.24, 2.45) is 5.73 Å². The van der Waals surface area contributed by atoms with Crippen molar-refractivity contribution in [3.8, 4) is 5.75 Å². The van der Waals surface area contributed by atoms with Gasteiger partial charge in [0.1, 0.15) is 10.6 Å². The van der Waals surface area contributed by atoms with Gasteiger partial charge in [0.05, 0.1) is 12.9 Å². The number of aryl methyl sites for hydroxylation is 2. The lowest BCUT2D eigenvalue weighted by Gasteiger charge is -2.13. The van der Waals surface area contributed by atoms with Gasteiger partial charge in [0.25, 0.3) is 0 Å². The second-order valence-electron chi connectivity index (χ2n) is 4.07. The Hall–Kier alpha value is -1.07. The molecular formula is C12H19NO3S. The molecule has 0 saturated carbocycles. The summed E-state index contributed by atoms with van der Waals surface area (Å²) in [5, 5.41) is 0. The van der Waals surface area contributed by atoms with Crippen LogP contribution in [-0.2, 0) is 9.84 Å². The van der Waals surface area contributed by atoms with Crippen LogP contribution in [0.15, 0.2) is 17.0 Å². The van der Waals surface area contributed by atoms with Gasteiger partial charge >= 0.3 is 0 Å². The molecule has 96 valence electrons. The maximum absolute atomic E-state index is 12.1. The molecule has 0 aliphatic rings. The third-order valence-corrected chi connectivity index (χ3v) is 4.34. The fourth-order valence-electron chi connectivity index (χ4n) is 1.79. The van der Waals surface area contributed by atoms with Gasteiger partial charge in [0.2, 0.25) is 0 Å². The molecule has 0 saturated heterocycles. The van der Waals surface area contributed by atoms with Crippen LogP contribution >= 0.6 is 0 Å². The van der Waals surface area contributed by atoms with Crippen LogP contribution in [0.3, 0.4) is 0 Å². The van der Waals surface area contributed by atoms with Crippen molar-refractivity contribution in [3.63, 3.8) is 0 Å². The van der Waals surface area contributed by atoms with Gasteiger partial charge < -0.3 is 10.5 Å². The maximum Gasteiger partial charge on any atom is 0.182 e. The van der Waals surface area contributed by atoms with Crippen LogP contribution < -0.4 is 10.5 Å². The lowest BCUT2D eigenvalue weighted by molar-refractivity contribution is 0.399. The van der Waals surface area contributed by atoms with Crippen LogP contribution in [0.25, 0.3) is 0 Å². The predicted octanol–water partition coefficient (Wildman–Crippen LogP) is 1.43. The van der Waals surface area contributed by atoms with Crippen LogP contribution in [0.1, 0.15) is 17.5 Å². The van der Waals surface area contributed by atoms with Crippen LogP contribution in [0.4, 0.5) is 0 Å². The highest BCUT2D eigenvalue weighted by Gasteiger charge is 2.20. The first-order valence-electron chi connectivity index (χ1n) is 5.50. The molecule has 0 radical (unpaired) electrons. The fraction of sp³-hybridized carbons (Fsp3) is 0.500. The third kappa shape index (κ3) is 3.20. The van der Waals surface area contributed by atoms with Gasteiger partial charge in [-0.25, -0.2) is 8.42 Å². The Morgan fingerprint density at radius 1 is 1.29 bits per heavy atom. The molecule has 0 aromatic heterocycles. The highest BCUT2D eigenvalue weighted by Crippen LogP contribution is 2.30. The maximum atomic E-state index is 12.1. The molecule has 0 unspecified atom stereocenters. The number of methoxy groups -OCH3 is 1. The average Bonchev–Trinajstić information content (AvgIpc) is 2.25. The Bertz CT molecular complexity index is 495. The van der Waals surface area contributed by atoms with Gasteiger partial charge in [0, 0.05) is 0 Å². The van der Waals surface area contributed by atoms with E-state index in [-0.39, 0.29) is 10.6 Å². The number of rotatable bonds is 5. The predicted molar refractivity (Wildman–Crippen MR) is 68.2 cm³/mol. The third-order valence-electron chi connectivity index (χ3n) is 2.54. The normalized spacial score (nSPS) is 11.5. The molecule has 0 spiro atoms. The topological polar surface area (TPSA) is 69.4 Å². The molecule has 0 fully saturated rings. The van der Waals surface area contributed by atoms with Crippen LogP contribution in [0, 0.1) is 13.8 Å². The van der Waals surface area contributed by atoms with E-state index in [4.69, 9.17) is 10.5 Å². The highest BCUT2D eigenvalue weighted by atomic mass is 32.2. The van der Waals surface area contributed by atoms with Gasteiger partial charge in [0.15, 0.2) is 9.84 Å². The lowest BCUT2D eigenvalue weighted by atomic mass is 10.1. The van der Waals surface area contributed by atoms with Crippen molar-refractivity contribution in [2.45, 2.75) is 25.2 Å². The molecule has 5 heteroatoms. The molecule has 1 aromatic rings. The number of nitrogens with two attached hydrogens (primary N) is 1. The minimum Gasteiger partial charge on any atom is -0.495 e. The zero-order valence-corrected chi connectivity index (χ0v) is 11.3. The van der Waals surface area contributed by atoms with E-state index in [9.17, 15) is 8.42 Å². The van der Waals surface area contributed by atoms with Gasteiger partial charge in [-0.3, -0.25) is 0 Å². The molecule has 0 bridgehead atoms. The largest absolute Gasteiger partial charge is 0.495 e. The second kappa shape index (κ2) is 5.51. The van der Waals surface area contributed by atoms with E-state index in [0.29, 0.717) is 18.7 Å². The Labute approximate surface area is 103 Å². The fourth-order valence-corrected chi connectivity index (χ4v) is 3.45. The van der Waals surface area contributed by atoms with Crippen LogP contribution in [-0.4, -0.2) is 27.8 Å². The highest BCUT2D eigenvalue weighted by molar-refractivity contribution is 7.91. The quantitative estimate of drug-likeness (QED) is 0.866. The molecule has 0 amide bonds. The summed E-state index contributed by atoms with van der Waals surface area (Å²) in [6.45, 7) is 4.08. The first-order chi connectivity index (χ1) is 7.92. The molecule has 17 heavy (non-hydrogen) atoms. The summed E-state index contributed by atoms with van der Waals surface area (Å²) in [6, 6.07) is 3.55. The van der Waals surface area contributed by atoms with Gasteiger partial charge in [-0.05, 0) is 44.0 Å². The standard InChI is InChI=1S/C12H19NO3S/c1-9-7-10(2)12(16-3)11(8-9)17(14,15)6-4-5-13/h7-8H,4-6,13H2,1-3H3. The Morgan fingerprint density at radius 2 is 1.94 bits per heavy atom. The summed E-state index contributed by atoms with van der Waals surface area (Å²) >= 11 is 0. The summed E-state index contributed by atoms with van der Waals surface area (Å²) in [5.41, 5.74) is 7.09. The van der Waals surface area contributed by atoms with Crippen molar-refractivity contribution < 1.29 is 13.2 Å². The number of sulfone groups is 1. The zero-order valence-electron chi connectivity index (χ0n) is 10.5. The van der Waals surface area contributed by atoms with E-state index >= 15 is 0 Å². The summed E-state index contributed by atoms with van der Waals surface area (Å²) in [5.74, 6) is 0.496. The van der Waals surface area contributed by atoms with E-state index in [1.807, 2.05) is 19.9 Å². The first kappa shape index (κ1) is 14.0. The minimum absolute atomic E-state index is 0.0583. The minimum atomic E-state index is -3.32. The van der Waals surface area contributed by atoms with Crippen molar-refractivity contribution in [1.29, 1.82) is 0 Å². The Kier molecular flexibility index (Phi) is 4.54. The number of benzene rings is 1. The van der Waals surface area contributed by atoms with Crippen molar-refractivity contribution in [2.75, 3.05) is 19.4 Å². The van der Waals surface area contributed by atoms with Crippen molar-refractivity contribution in [1.82, 2.24) is 0 Å². The summed E-state index contributed by atoms with van der Waals surface area (Å²) in [4.78, 5) is 0.269. The zero-order chi connectivity index (χ0) is 13.1. The van der Waals surface area contributed by atoms with E-state index < -0.39 is 9.84 Å². The molecule has 0 aliphatic heterocycles. The first-order valence-corrected chi connectivity index (χ1v) is 7.15. The van der Waals surface area contributed by atoms with Crippen molar-refractivity contribution >= 4 is 9.84 Å². The lowest BCUT2D eigenvalue weighted by Crippen LogP contribution is -2.13. The molecule has 1 rings (SSSR count). The van der Waals surface area contributed by atoms with E-state index in [2.05, 4.69) is 0 Å². The van der Waals surface area contributed by atoms with Crippen LogP contribution in [0.2, 0.25) is 0 Å². The molecule has 0 aliphatic carbocycles. The monoisotopic (exact) mass is 257 g/mol. The van der Waals surface area contributed by atoms with Crippen LogP contribution in [0.5, 0.6) is 5.75 Å². The van der Waals surface area contributed by atoms with Gasteiger partial charge in [-0.15, -0.1) is 0 Å². The van der Waals surface area contributed by atoms with E-state index in [1.54, 1.807) is 6.07 Å². The van der Waals surface area contributed by atoms with E-state index in [1.165, 1.54) is 7.11 Å². The van der Waals surface area contributed by atoms with Gasteiger partial charge in [-0.2, -0.15) is 0 Å². The molecule has 4 nitrogen and oxygen atoms in total. The number of ether oxygens (including phenoxy) is 1. The molecule has 2 N–H and O–H groups in total. The summed E-state index contributed by atoms with van der Waals surface area (Å²) in [6.07, 6.45) is 0.457. The molecule has 0 atom stereocenters. The summed E-state index contributed by atoms with van der Waals surface area (Å²) in [7, 11) is -1.83. The van der Waals surface area contributed by atoms with Crippen molar-refractivity contribution in [3.05, 3.63) is 23.3 Å². The second-order valence-corrected chi connectivity index (χ2v) is 6.15. The molecule has 0 heterocycles. The van der Waals surface area contributed by atoms with E-state index in [0.717, 1.165) is 11.1 Å². The SMILES string of the molecule is COc1c(C)cc(C)cc1S(=O)(=O)CCCN. The molecular weight excluding hydrogens is 238 g/mol. The Balaban J connectivity index is 3.29. The number of hydrogen-bond donors (Lipinski definition) is 1. The average molecular weight is 257 g/mol. The molecule has 1 aromatic carbocycles. The number of hydrogen-bond acceptors (Lipinski definition) is 4. The smallest absolute Gasteiger partial charge is 0.182 e. The Morgan fingerprint density at radius 3 is 2.47 bits per heavy atom. The van der Waals surface area contributed by atoms with Gasteiger partial charge in [-0.1, -0.05) is 6.07 Å².